The normalized spacial score (nSPS) is 13.4. The minimum Gasteiger partial charge on any atom is -0.341 e. The van der Waals surface area contributed by atoms with Crippen LogP contribution in [0.2, 0.25) is 0 Å². The highest BCUT2D eigenvalue weighted by atomic mass is 16.7. The van der Waals surface area contributed by atoms with Crippen LogP contribution >= 0.6 is 0 Å². The summed E-state index contributed by atoms with van der Waals surface area (Å²) in [5.74, 6) is -0.0112. The lowest BCUT2D eigenvalue weighted by atomic mass is 9.68. The van der Waals surface area contributed by atoms with Gasteiger partial charge in [-0.25, -0.2) is 5.06 Å². The third-order valence-electron chi connectivity index (χ3n) is 10.4. The maximum atomic E-state index is 14.3. The topological polar surface area (TPSA) is 34.5 Å². The van der Waals surface area contributed by atoms with E-state index in [1.54, 1.807) is 14.2 Å². The standard InChI is InChI=1S/C31H58N2O2/c1-15-28(9,16-2)24-23(27(34)32(13)35-14)25(29(10,17-3)18-4)33(31(12,21-7)22-8)26(24)30(11,19-5)20-6/h15-22H2,1-14H3. The van der Waals surface area contributed by atoms with Crippen molar-refractivity contribution in [1.29, 1.82) is 0 Å². The van der Waals surface area contributed by atoms with Crippen molar-refractivity contribution in [3.05, 3.63) is 22.5 Å². The van der Waals surface area contributed by atoms with Gasteiger partial charge in [-0.15, -0.1) is 0 Å². The first-order valence-electron chi connectivity index (χ1n) is 14.4. The molecule has 0 aliphatic heterocycles. The molecule has 0 spiro atoms. The third kappa shape index (κ3) is 5.24. The van der Waals surface area contributed by atoms with Gasteiger partial charge in [0.15, 0.2) is 0 Å². The Morgan fingerprint density at radius 1 is 0.686 bits per heavy atom. The Hall–Kier alpha value is -1.29. The first-order chi connectivity index (χ1) is 16.2. The Balaban J connectivity index is 4.78. The Bertz CT molecular complexity index is 777. The highest BCUT2D eigenvalue weighted by Gasteiger charge is 2.48. The summed E-state index contributed by atoms with van der Waals surface area (Å²) in [6.45, 7) is 27.9. The van der Waals surface area contributed by atoms with Gasteiger partial charge >= 0.3 is 0 Å². The highest BCUT2D eigenvalue weighted by Crippen LogP contribution is 2.52. The molecule has 0 bridgehead atoms. The second-order valence-electron chi connectivity index (χ2n) is 11.8. The summed E-state index contributed by atoms with van der Waals surface area (Å²) in [6.07, 6.45) is 8.06. The summed E-state index contributed by atoms with van der Waals surface area (Å²) in [5.41, 5.74) is 4.47. The number of hydrogen-bond donors (Lipinski definition) is 0. The molecule has 0 N–H and O–H groups in total. The fourth-order valence-electron chi connectivity index (χ4n) is 5.63. The van der Waals surface area contributed by atoms with E-state index in [-0.39, 0.29) is 27.7 Å². The van der Waals surface area contributed by atoms with E-state index in [0.29, 0.717) is 0 Å². The van der Waals surface area contributed by atoms with E-state index in [4.69, 9.17) is 4.84 Å². The van der Waals surface area contributed by atoms with Gasteiger partial charge in [-0.1, -0.05) is 76.2 Å². The van der Waals surface area contributed by atoms with Crippen LogP contribution in [-0.2, 0) is 26.6 Å². The lowest BCUT2D eigenvalue weighted by molar-refractivity contribution is -0.0759. The van der Waals surface area contributed by atoms with E-state index < -0.39 is 0 Å². The van der Waals surface area contributed by atoms with Crippen LogP contribution in [0.15, 0.2) is 0 Å². The molecule has 0 aliphatic carbocycles. The molecule has 0 fully saturated rings. The molecule has 4 nitrogen and oxygen atoms in total. The number of carbonyl (C=O) groups excluding carboxylic acids is 1. The Morgan fingerprint density at radius 2 is 1.06 bits per heavy atom. The lowest BCUT2D eigenvalue weighted by Crippen LogP contribution is -2.40. The SMILES string of the molecule is CCC(C)(CC)c1c(C(=O)N(C)OC)c(C(C)(CC)CC)n(C(C)(CC)CC)c1C(C)(CC)CC. The molecule has 1 rings (SSSR count). The number of nitrogens with zero attached hydrogens (tertiary/aromatic N) is 2. The first-order valence-corrected chi connectivity index (χ1v) is 14.4. The van der Waals surface area contributed by atoms with Gasteiger partial charge in [-0.3, -0.25) is 9.63 Å². The average molecular weight is 491 g/mol. The van der Waals surface area contributed by atoms with E-state index in [1.807, 2.05) is 0 Å². The van der Waals surface area contributed by atoms with Gasteiger partial charge in [0.2, 0.25) is 0 Å². The molecule has 1 heterocycles. The second-order valence-corrected chi connectivity index (χ2v) is 11.8. The largest absolute Gasteiger partial charge is 0.341 e. The fourth-order valence-corrected chi connectivity index (χ4v) is 5.63. The molecule has 1 amide bonds. The van der Waals surface area contributed by atoms with Gasteiger partial charge < -0.3 is 4.57 Å². The van der Waals surface area contributed by atoms with Crippen molar-refractivity contribution in [3.63, 3.8) is 0 Å². The van der Waals surface area contributed by atoms with Gasteiger partial charge in [0.05, 0.1) is 12.7 Å². The predicted octanol–water partition coefficient (Wildman–Crippen LogP) is 8.89. The summed E-state index contributed by atoms with van der Waals surface area (Å²) >= 11 is 0. The van der Waals surface area contributed by atoms with E-state index in [0.717, 1.165) is 56.9 Å². The minimum absolute atomic E-state index is 0.0112. The molecule has 35 heavy (non-hydrogen) atoms. The molecular formula is C31H58N2O2. The second kappa shape index (κ2) is 11.8. The maximum absolute atomic E-state index is 14.3. The van der Waals surface area contributed by atoms with E-state index in [1.165, 1.54) is 22.0 Å². The quantitative estimate of drug-likeness (QED) is 0.244. The van der Waals surface area contributed by atoms with Crippen LogP contribution in [0.3, 0.4) is 0 Å². The monoisotopic (exact) mass is 490 g/mol. The van der Waals surface area contributed by atoms with Crippen molar-refractivity contribution in [1.82, 2.24) is 9.63 Å². The zero-order valence-corrected chi connectivity index (χ0v) is 25.9. The summed E-state index contributed by atoms with van der Waals surface area (Å²) < 4.78 is 2.70. The summed E-state index contributed by atoms with van der Waals surface area (Å²) in [7, 11) is 3.35. The first kappa shape index (κ1) is 31.7. The number of aromatic nitrogens is 1. The van der Waals surface area contributed by atoms with Crippen LogP contribution in [-0.4, -0.2) is 29.7 Å². The van der Waals surface area contributed by atoms with Crippen LogP contribution in [0.25, 0.3) is 0 Å². The zero-order chi connectivity index (χ0) is 27.4. The van der Waals surface area contributed by atoms with Crippen molar-refractivity contribution in [2.75, 3.05) is 14.2 Å². The molecule has 0 atom stereocenters. The van der Waals surface area contributed by atoms with Gasteiger partial charge in [-0.05, 0) is 69.3 Å². The molecule has 1 aromatic heterocycles. The number of rotatable bonds is 14. The summed E-state index contributed by atoms with van der Waals surface area (Å²) in [5, 5.41) is 1.44. The van der Waals surface area contributed by atoms with Crippen LogP contribution in [0.5, 0.6) is 0 Å². The highest BCUT2D eigenvalue weighted by molar-refractivity contribution is 5.98. The third-order valence-corrected chi connectivity index (χ3v) is 10.4. The number of carbonyl (C=O) groups is 1. The Kier molecular flexibility index (Phi) is 10.7. The van der Waals surface area contributed by atoms with Crippen molar-refractivity contribution in [2.45, 2.75) is 156 Å². The van der Waals surface area contributed by atoms with Gasteiger partial charge in [-0.2, -0.15) is 0 Å². The van der Waals surface area contributed by atoms with Gasteiger partial charge in [0, 0.05) is 34.8 Å². The molecular weight excluding hydrogens is 432 g/mol. The Labute approximate surface area is 218 Å². The van der Waals surface area contributed by atoms with Crippen LogP contribution < -0.4 is 0 Å². The molecule has 1 aromatic rings. The Morgan fingerprint density at radius 3 is 1.37 bits per heavy atom. The smallest absolute Gasteiger partial charge is 0.279 e. The van der Waals surface area contributed by atoms with Gasteiger partial charge in [0.25, 0.3) is 5.91 Å². The zero-order valence-electron chi connectivity index (χ0n) is 25.9. The van der Waals surface area contributed by atoms with Crippen LogP contribution in [0.1, 0.15) is 162 Å². The predicted molar refractivity (Wildman–Crippen MR) is 152 cm³/mol. The van der Waals surface area contributed by atoms with Crippen molar-refractivity contribution < 1.29 is 9.63 Å². The molecule has 0 saturated carbocycles. The van der Waals surface area contributed by atoms with Gasteiger partial charge in [0.1, 0.15) is 0 Å². The van der Waals surface area contributed by atoms with E-state index in [2.05, 4.69) is 87.7 Å². The van der Waals surface area contributed by atoms with Crippen molar-refractivity contribution in [3.8, 4) is 0 Å². The number of hydroxylamine groups is 2. The molecule has 0 saturated heterocycles. The van der Waals surface area contributed by atoms with E-state index in [9.17, 15) is 4.79 Å². The fraction of sp³-hybridized carbons (Fsp3) is 0.839. The van der Waals surface area contributed by atoms with Crippen LogP contribution in [0, 0.1) is 0 Å². The molecule has 4 heteroatoms. The van der Waals surface area contributed by atoms with Crippen molar-refractivity contribution >= 4 is 5.91 Å². The summed E-state index contributed by atoms with van der Waals surface area (Å²) in [4.78, 5) is 19.9. The van der Waals surface area contributed by atoms with E-state index >= 15 is 0 Å². The molecule has 0 unspecified atom stereocenters. The lowest BCUT2D eigenvalue weighted by Gasteiger charge is -2.43. The molecule has 0 aliphatic rings. The van der Waals surface area contributed by atoms with Crippen molar-refractivity contribution in [2.24, 2.45) is 0 Å². The minimum atomic E-state index is -0.122. The number of hydrogen-bond acceptors (Lipinski definition) is 2. The molecule has 0 aromatic carbocycles. The maximum Gasteiger partial charge on any atom is 0.279 e. The summed E-state index contributed by atoms with van der Waals surface area (Å²) in [6, 6.07) is 0. The number of amides is 1. The molecule has 0 radical (unpaired) electrons. The average Bonchev–Trinajstić information content (AvgIpc) is 3.28. The van der Waals surface area contributed by atoms with Crippen LogP contribution in [0.4, 0.5) is 0 Å². The molecule has 204 valence electrons.